The Morgan fingerprint density at radius 1 is 1.20 bits per heavy atom. The van der Waals surface area contributed by atoms with E-state index in [0.29, 0.717) is 5.88 Å². The van der Waals surface area contributed by atoms with Crippen LogP contribution >= 0.6 is 11.6 Å². The number of pyridine rings is 1. The third-order valence-corrected chi connectivity index (χ3v) is 2.42. The second-order valence-corrected chi connectivity index (χ2v) is 3.45. The van der Waals surface area contributed by atoms with Gasteiger partial charge in [-0.3, -0.25) is 4.98 Å². The summed E-state index contributed by atoms with van der Waals surface area (Å²) in [7, 11) is 0. The minimum atomic E-state index is 0.155. The molecule has 0 aliphatic rings. The summed E-state index contributed by atoms with van der Waals surface area (Å²) in [6.07, 6.45) is 1.41. The van der Waals surface area contributed by atoms with Crippen molar-refractivity contribution in [3.8, 4) is 16.9 Å². The first kappa shape index (κ1) is 9.99. The van der Waals surface area contributed by atoms with E-state index in [2.05, 4.69) is 4.98 Å². The van der Waals surface area contributed by atoms with Gasteiger partial charge in [-0.1, -0.05) is 30.3 Å². The molecule has 2 rings (SSSR count). The Kier molecular flexibility index (Phi) is 2.88. The smallest absolute Gasteiger partial charge is 0.134 e. The Labute approximate surface area is 93.2 Å². The first-order chi connectivity index (χ1) is 7.31. The van der Waals surface area contributed by atoms with Crippen LogP contribution in [0.15, 0.2) is 42.6 Å². The highest BCUT2D eigenvalue weighted by Gasteiger charge is 2.06. The van der Waals surface area contributed by atoms with E-state index in [1.165, 1.54) is 6.20 Å². The molecule has 0 amide bonds. The fourth-order valence-electron chi connectivity index (χ4n) is 1.46. The molecule has 0 saturated carbocycles. The maximum absolute atomic E-state index is 9.39. The lowest BCUT2D eigenvalue weighted by Gasteiger charge is -2.06. The molecule has 2 aromatic rings. The summed E-state index contributed by atoms with van der Waals surface area (Å²) < 4.78 is 0. The average molecular weight is 220 g/mol. The molecule has 0 unspecified atom stereocenters. The zero-order valence-electron chi connectivity index (χ0n) is 8.02. The molecular formula is C12H10ClNO. The van der Waals surface area contributed by atoms with Crippen LogP contribution in [0, 0.1) is 0 Å². The van der Waals surface area contributed by atoms with Crippen LogP contribution in [0.2, 0.25) is 0 Å². The van der Waals surface area contributed by atoms with Crippen molar-refractivity contribution in [1.29, 1.82) is 0 Å². The number of hydrogen-bond donors (Lipinski definition) is 1. The molecule has 1 N–H and O–H groups in total. The lowest BCUT2D eigenvalue weighted by molar-refractivity contribution is 0.472. The monoisotopic (exact) mass is 219 g/mol. The molecule has 0 aliphatic carbocycles. The van der Waals surface area contributed by atoms with E-state index >= 15 is 0 Å². The van der Waals surface area contributed by atoms with E-state index in [4.69, 9.17) is 11.6 Å². The van der Waals surface area contributed by atoms with E-state index in [9.17, 15) is 5.11 Å². The predicted octanol–water partition coefficient (Wildman–Crippen LogP) is 3.19. The third kappa shape index (κ3) is 2.10. The van der Waals surface area contributed by atoms with Crippen LogP contribution in [0.3, 0.4) is 0 Å². The van der Waals surface area contributed by atoms with E-state index in [-0.39, 0.29) is 5.75 Å². The summed E-state index contributed by atoms with van der Waals surface area (Å²) in [5, 5.41) is 9.39. The van der Waals surface area contributed by atoms with Crippen molar-refractivity contribution < 1.29 is 5.11 Å². The Bertz CT molecular complexity index is 456. The van der Waals surface area contributed by atoms with E-state index in [1.54, 1.807) is 6.07 Å². The van der Waals surface area contributed by atoms with Gasteiger partial charge < -0.3 is 5.11 Å². The molecule has 1 heterocycles. The largest absolute Gasteiger partial charge is 0.506 e. The first-order valence-electron chi connectivity index (χ1n) is 4.60. The fraction of sp³-hybridized carbons (Fsp3) is 0.0833. The van der Waals surface area contributed by atoms with Gasteiger partial charge in [0.15, 0.2) is 0 Å². The molecule has 0 radical (unpaired) electrons. The molecule has 0 saturated heterocycles. The number of aromatic hydroxyl groups is 1. The van der Waals surface area contributed by atoms with E-state index < -0.39 is 0 Å². The SMILES string of the molecule is Oc1cnc(CCl)c(-c2ccccc2)c1. The van der Waals surface area contributed by atoms with Gasteiger partial charge >= 0.3 is 0 Å². The summed E-state index contributed by atoms with van der Waals surface area (Å²) >= 11 is 5.79. The topological polar surface area (TPSA) is 33.1 Å². The predicted molar refractivity (Wildman–Crippen MR) is 60.9 cm³/mol. The molecule has 0 spiro atoms. The van der Waals surface area contributed by atoms with Crippen molar-refractivity contribution in [2.45, 2.75) is 5.88 Å². The number of nitrogens with zero attached hydrogens (tertiary/aromatic N) is 1. The summed E-state index contributed by atoms with van der Waals surface area (Å²) in [4.78, 5) is 4.09. The van der Waals surface area contributed by atoms with Crippen LogP contribution in [0.5, 0.6) is 5.75 Å². The molecule has 76 valence electrons. The fourth-order valence-corrected chi connectivity index (χ4v) is 1.67. The Hall–Kier alpha value is -1.54. The van der Waals surface area contributed by atoms with E-state index in [1.807, 2.05) is 30.3 Å². The van der Waals surface area contributed by atoms with Crippen molar-refractivity contribution >= 4 is 11.6 Å². The summed E-state index contributed by atoms with van der Waals surface area (Å²) in [5.41, 5.74) is 2.67. The molecule has 2 nitrogen and oxygen atoms in total. The third-order valence-electron chi connectivity index (χ3n) is 2.17. The van der Waals surface area contributed by atoms with Gasteiger partial charge in [0.25, 0.3) is 0 Å². The zero-order chi connectivity index (χ0) is 10.7. The number of benzene rings is 1. The Morgan fingerprint density at radius 3 is 2.60 bits per heavy atom. The standard InChI is InChI=1S/C12H10ClNO/c13-7-12-11(6-10(15)8-14-12)9-4-2-1-3-5-9/h1-6,8,15H,7H2. The number of rotatable bonds is 2. The molecule has 15 heavy (non-hydrogen) atoms. The van der Waals surface area contributed by atoms with Crippen LogP contribution in [-0.2, 0) is 5.88 Å². The quantitative estimate of drug-likeness (QED) is 0.787. The number of halogens is 1. The maximum atomic E-state index is 9.39. The van der Waals surface area contributed by atoms with Crippen molar-refractivity contribution in [2.75, 3.05) is 0 Å². The van der Waals surface area contributed by atoms with Crippen molar-refractivity contribution in [3.63, 3.8) is 0 Å². The maximum Gasteiger partial charge on any atom is 0.134 e. The summed E-state index contributed by atoms with van der Waals surface area (Å²) in [5.74, 6) is 0.493. The normalized spacial score (nSPS) is 10.2. The summed E-state index contributed by atoms with van der Waals surface area (Å²) in [6.45, 7) is 0. The van der Waals surface area contributed by atoms with Crippen molar-refractivity contribution in [1.82, 2.24) is 4.98 Å². The van der Waals surface area contributed by atoms with Crippen molar-refractivity contribution in [3.05, 3.63) is 48.3 Å². The highest BCUT2D eigenvalue weighted by molar-refractivity contribution is 6.17. The van der Waals surface area contributed by atoms with Gasteiger partial charge in [-0.2, -0.15) is 0 Å². The molecule has 1 aromatic heterocycles. The van der Waals surface area contributed by atoms with Gasteiger partial charge in [0.1, 0.15) is 5.75 Å². The molecular weight excluding hydrogens is 210 g/mol. The van der Waals surface area contributed by atoms with Gasteiger partial charge in [0.05, 0.1) is 17.8 Å². The lowest BCUT2D eigenvalue weighted by Crippen LogP contribution is -1.90. The van der Waals surface area contributed by atoms with Crippen LogP contribution in [0.4, 0.5) is 0 Å². The highest BCUT2D eigenvalue weighted by Crippen LogP contribution is 2.26. The van der Waals surface area contributed by atoms with Crippen LogP contribution in [0.1, 0.15) is 5.69 Å². The lowest BCUT2D eigenvalue weighted by atomic mass is 10.0. The molecule has 3 heteroatoms. The van der Waals surface area contributed by atoms with Gasteiger partial charge in [-0.25, -0.2) is 0 Å². The minimum absolute atomic E-state index is 0.155. The highest BCUT2D eigenvalue weighted by atomic mass is 35.5. The molecule has 0 bridgehead atoms. The average Bonchev–Trinajstić information content (AvgIpc) is 2.30. The van der Waals surface area contributed by atoms with Crippen LogP contribution in [0.25, 0.3) is 11.1 Å². The van der Waals surface area contributed by atoms with Crippen molar-refractivity contribution in [2.24, 2.45) is 0 Å². The Balaban J connectivity index is 2.56. The molecule has 1 aromatic carbocycles. The second kappa shape index (κ2) is 4.32. The summed E-state index contributed by atoms with van der Waals surface area (Å²) in [6, 6.07) is 11.4. The number of aromatic nitrogens is 1. The zero-order valence-corrected chi connectivity index (χ0v) is 8.78. The second-order valence-electron chi connectivity index (χ2n) is 3.19. The molecule has 0 fully saturated rings. The minimum Gasteiger partial charge on any atom is -0.506 e. The van der Waals surface area contributed by atoms with Gasteiger partial charge in [-0.05, 0) is 11.6 Å². The van der Waals surface area contributed by atoms with E-state index in [0.717, 1.165) is 16.8 Å². The van der Waals surface area contributed by atoms with Crippen LogP contribution < -0.4 is 0 Å². The van der Waals surface area contributed by atoms with Gasteiger partial charge in [0, 0.05) is 5.56 Å². The first-order valence-corrected chi connectivity index (χ1v) is 5.14. The number of alkyl halides is 1. The molecule has 0 aliphatic heterocycles. The number of hydrogen-bond acceptors (Lipinski definition) is 2. The van der Waals surface area contributed by atoms with Gasteiger partial charge in [-0.15, -0.1) is 11.6 Å². The Morgan fingerprint density at radius 2 is 1.93 bits per heavy atom. The molecule has 0 atom stereocenters. The van der Waals surface area contributed by atoms with Crippen LogP contribution in [-0.4, -0.2) is 10.1 Å². The van der Waals surface area contributed by atoms with Gasteiger partial charge in [0.2, 0.25) is 0 Å².